The third-order valence-corrected chi connectivity index (χ3v) is 6.45. The summed E-state index contributed by atoms with van der Waals surface area (Å²) in [5.41, 5.74) is 1.05. The molecule has 0 bridgehead atoms. The van der Waals surface area contributed by atoms with Gasteiger partial charge in [-0.05, 0) is 54.1 Å². The number of amides is 2. The Hall–Kier alpha value is -3.13. The number of furan rings is 1. The van der Waals surface area contributed by atoms with Crippen LogP contribution in [-0.2, 0) is 11.2 Å². The number of rotatable bonds is 8. The van der Waals surface area contributed by atoms with E-state index in [1.807, 2.05) is 18.4 Å². The molecule has 2 amide bonds. The molecular formula is C24H25FN2O4S. The molecule has 0 aliphatic carbocycles. The van der Waals surface area contributed by atoms with Gasteiger partial charge in [0.25, 0.3) is 5.91 Å². The lowest BCUT2D eigenvalue weighted by atomic mass is 10.0. The SMILES string of the molecule is CCCN(CC(=O)N1CCc2sccc2[C@H]1COc1cccc(F)c1)C(=O)c1ccco1. The summed E-state index contributed by atoms with van der Waals surface area (Å²) in [4.78, 5) is 30.7. The van der Waals surface area contributed by atoms with Crippen LogP contribution in [0.3, 0.4) is 0 Å². The summed E-state index contributed by atoms with van der Waals surface area (Å²) < 4.78 is 24.7. The molecule has 0 unspecified atom stereocenters. The topological polar surface area (TPSA) is 63.0 Å². The van der Waals surface area contributed by atoms with E-state index in [1.54, 1.807) is 40.5 Å². The van der Waals surface area contributed by atoms with E-state index in [4.69, 9.17) is 9.15 Å². The zero-order valence-electron chi connectivity index (χ0n) is 17.8. The van der Waals surface area contributed by atoms with Crippen molar-refractivity contribution in [3.8, 4) is 5.75 Å². The Balaban J connectivity index is 1.51. The number of fused-ring (bicyclic) bond motifs is 1. The van der Waals surface area contributed by atoms with Crippen LogP contribution in [0.1, 0.15) is 40.4 Å². The number of carbonyl (C=O) groups excluding carboxylic acids is 2. The van der Waals surface area contributed by atoms with Crippen LogP contribution < -0.4 is 4.74 Å². The van der Waals surface area contributed by atoms with Crippen LogP contribution in [0, 0.1) is 5.82 Å². The number of thiophene rings is 1. The average Bonchev–Trinajstić information content (AvgIpc) is 3.48. The molecule has 4 rings (SSSR count). The van der Waals surface area contributed by atoms with Crippen LogP contribution in [0.25, 0.3) is 0 Å². The lowest BCUT2D eigenvalue weighted by molar-refractivity contribution is -0.135. The third-order valence-electron chi connectivity index (χ3n) is 5.46. The van der Waals surface area contributed by atoms with Crippen molar-refractivity contribution >= 4 is 23.2 Å². The number of ether oxygens (including phenoxy) is 1. The van der Waals surface area contributed by atoms with Gasteiger partial charge in [-0.1, -0.05) is 13.0 Å². The number of carbonyl (C=O) groups is 2. The van der Waals surface area contributed by atoms with Crippen LogP contribution in [0.4, 0.5) is 4.39 Å². The number of hydrogen-bond donors (Lipinski definition) is 0. The minimum absolute atomic E-state index is 0.0384. The fourth-order valence-electron chi connectivity index (χ4n) is 3.94. The molecule has 0 fully saturated rings. The maximum Gasteiger partial charge on any atom is 0.290 e. The Bertz CT molecular complexity index is 1070. The fourth-order valence-corrected chi connectivity index (χ4v) is 4.87. The first-order valence-electron chi connectivity index (χ1n) is 10.6. The van der Waals surface area contributed by atoms with Gasteiger partial charge in [-0.15, -0.1) is 11.3 Å². The number of hydrogen-bond acceptors (Lipinski definition) is 5. The first-order valence-corrected chi connectivity index (χ1v) is 11.5. The standard InChI is InChI=1S/C24H25FN2O4S/c1-2-10-26(24(29)21-7-4-12-30-21)15-23(28)27-11-8-22-19(9-13-32-22)20(27)16-31-18-6-3-5-17(25)14-18/h3-7,9,12-14,20H,2,8,10-11,15-16H2,1H3/t20-/m1/s1. The molecule has 32 heavy (non-hydrogen) atoms. The molecule has 1 aliphatic heterocycles. The average molecular weight is 457 g/mol. The van der Waals surface area contributed by atoms with Crippen molar-refractivity contribution in [1.82, 2.24) is 9.80 Å². The summed E-state index contributed by atoms with van der Waals surface area (Å²) in [6.07, 6.45) is 2.93. The van der Waals surface area contributed by atoms with Gasteiger partial charge in [0.2, 0.25) is 5.91 Å². The molecule has 2 aromatic heterocycles. The lowest BCUT2D eigenvalue weighted by Gasteiger charge is -2.37. The zero-order valence-corrected chi connectivity index (χ0v) is 18.6. The molecule has 0 spiro atoms. The minimum atomic E-state index is -0.373. The highest BCUT2D eigenvalue weighted by molar-refractivity contribution is 7.10. The maximum absolute atomic E-state index is 13.5. The Morgan fingerprint density at radius 3 is 2.91 bits per heavy atom. The highest BCUT2D eigenvalue weighted by atomic mass is 32.1. The van der Waals surface area contributed by atoms with Crippen molar-refractivity contribution in [1.29, 1.82) is 0 Å². The lowest BCUT2D eigenvalue weighted by Crippen LogP contribution is -2.48. The fraction of sp³-hybridized carbons (Fsp3) is 0.333. The normalized spacial score (nSPS) is 15.3. The van der Waals surface area contributed by atoms with Crippen LogP contribution >= 0.6 is 11.3 Å². The third kappa shape index (κ3) is 4.85. The summed E-state index contributed by atoms with van der Waals surface area (Å²) in [6, 6.07) is 10.9. The molecule has 1 atom stereocenters. The van der Waals surface area contributed by atoms with E-state index >= 15 is 0 Å². The van der Waals surface area contributed by atoms with E-state index in [-0.39, 0.29) is 42.6 Å². The molecule has 3 heterocycles. The van der Waals surface area contributed by atoms with Gasteiger partial charge in [0.15, 0.2) is 5.76 Å². The van der Waals surface area contributed by atoms with E-state index in [9.17, 15) is 14.0 Å². The number of benzene rings is 1. The van der Waals surface area contributed by atoms with Gasteiger partial charge in [0.1, 0.15) is 24.7 Å². The summed E-state index contributed by atoms with van der Waals surface area (Å²) >= 11 is 1.66. The van der Waals surface area contributed by atoms with Crippen molar-refractivity contribution in [3.05, 3.63) is 76.1 Å². The van der Waals surface area contributed by atoms with Gasteiger partial charge in [-0.2, -0.15) is 0 Å². The second-order valence-corrected chi connectivity index (χ2v) is 8.63. The molecular weight excluding hydrogens is 431 g/mol. The molecule has 6 nitrogen and oxygen atoms in total. The second kappa shape index (κ2) is 9.99. The van der Waals surface area contributed by atoms with Gasteiger partial charge >= 0.3 is 0 Å². The van der Waals surface area contributed by atoms with Gasteiger partial charge in [0.05, 0.1) is 12.3 Å². The second-order valence-electron chi connectivity index (χ2n) is 7.62. The Kier molecular flexibility index (Phi) is 6.90. The summed E-state index contributed by atoms with van der Waals surface area (Å²) in [5, 5.41) is 2.01. The first kappa shape index (κ1) is 22.1. The molecule has 0 saturated heterocycles. The van der Waals surface area contributed by atoms with Crippen molar-refractivity contribution < 1.29 is 23.1 Å². The van der Waals surface area contributed by atoms with Gasteiger partial charge < -0.3 is 19.0 Å². The van der Waals surface area contributed by atoms with Crippen LogP contribution in [0.15, 0.2) is 58.5 Å². The predicted molar refractivity (Wildman–Crippen MR) is 119 cm³/mol. The van der Waals surface area contributed by atoms with Gasteiger partial charge in [0, 0.05) is 24.0 Å². The van der Waals surface area contributed by atoms with E-state index in [0.717, 1.165) is 18.4 Å². The Morgan fingerprint density at radius 1 is 1.28 bits per heavy atom. The number of halogens is 1. The molecule has 0 radical (unpaired) electrons. The first-order chi connectivity index (χ1) is 15.6. The van der Waals surface area contributed by atoms with E-state index in [2.05, 4.69) is 0 Å². The molecule has 1 aromatic carbocycles. The Labute approximate surface area is 190 Å². The van der Waals surface area contributed by atoms with E-state index in [0.29, 0.717) is 18.8 Å². The summed E-state index contributed by atoms with van der Waals surface area (Å²) in [7, 11) is 0. The molecule has 8 heteroatoms. The predicted octanol–water partition coefficient (Wildman–Crippen LogP) is 4.54. The minimum Gasteiger partial charge on any atom is -0.491 e. The molecule has 1 aliphatic rings. The summed E-state index contributed by atoms with van der Waals surface area (Å²) in [5.74, 6) is -0.188. The smallest absolute Gasteiger partial charge is 0.290 e. The molecule has 0 saturated carbocycles. The van der Waals surface area contributed by atoms with E-state index in [1.165, 1.54) is 28.2 Å². The largest absolute Gasteiger partial charge is 0.491 e. The van der Waals surface area contributed by atoms with Crippen LogP contribution in [0.2, 0.25) is 0 Å². The van der Waals surface area contributed by atoms with Crippen LogP contribution in [0.5, 0.6) is 5.75 Å². The monoisotopic (exact) mass is 456 g/mol. The summed E-state index contributed by atoms with van der Waals surface area (Å²) in [6.45, 7) is 3.12. The highest BCUT2D eigenvalue weighted by Crippen LogP contribution is 2.34. The quantitative estimate of drug-likeness (QED) is 0.499. The van der Waals surface area contributed by atoms with Gasteiger partial charge in [-0.3, -0.25) is 9.59 Å². The Morgan fingerprint density at radius 2 is 2.16 bits per heavy atom. The van der Waals surface area contributed by atoms with Crippen molar-refractivity contribution in [3.63, 3.8) is 0 Å². The maximum atomic E-state index is 13.5. The van der Waals surface area contributed by atoms with Crippen molar-refractivity contribution in [2.24, 2.45) is 0 Å². The highest BCUT2D eigenvalue weighted by Gasteiger charge is 2.33. The molecule has 3 aromatic rings. The zero-order chi connectivity index (χ0) is 22.5. The molecule has 168 valence electrons. The van der Waals surface area contributed by atoms with Crippen molar-refractivity contribution in [2.75, 3.05) is 26.2 Å². The van der Waals surface area contributed by atoms with Gasteiger partial charge in [-0.25, -0.2) is 4.39 Å². The van der Waals surface area contributed by atoms with Crippen LogP contribution in [-0.4, -0.2) is 47.9 Å². The number of nitrogens with zero attached hydrogens (tertiary/aromatic N) is 2. The molecule has 0 N–H and O–H groups in total. The van der Waals surface area contributed by atoms with E-state index < -0.39 is 0 Å². The van der Waals surface area contributed by atoms with Crippen molar-refractivity contribution in [2.45, 2.75) is 25.8 Å².